The van der Waals surface area contributed by atoms with Crippen LogP contribution in [0.1, 0.15) is 47.8 Å². The molecule has 2 unspecified atom stereocenters. The first-order valence-corrected chi connectivity index (χ1v) is 16.4. The van der Waals surface area contributed by atoms with Crippen molar-refractivity contribution in [3.8, 4) is 11.6 Å². The van der Waals surface area contributed by atoms with Crippen LogP contribution in [-0.2, 0) is 23.4 Å². The molecule has 5 atom stereocenters. The van der Waals surface area contributed by atoms with Gasteiger partial charge in [-0.3, -0.25) is 13.9 Å². The average molecular weight is 657 g/mol. The van der Waals surface area contributed by atoms with Crippen LogP contribution in [0.15, 0.2) is 48.8 Å². The van der Waals surface area contributed by atoms with Gasteiger partial charge < -0.3 is 29.6 Å². The molecule has 248 valence electrons. The molecule has 3 heterocycles. The molecule has 14 nitrogen and oxygen atoms in total. The van der Waals surface area contributed by atoms with Gasteiger partial charge >= 0.3 is 13.7 Å². The highest BCUT2D eigenvalue weighted by molar-refractivity contribution is 7.52. The summed E-state index contributed by atoms with van der Waals surface area (Å²) in [6.07, 6.45) is -1.33. The van der Waals surface area contributed by atoms with Crippen molar-refractivity contribution in [3.63, 3.8) is 0 Å². The van der Waals surface area contributed by atoms with Crippen molar-refractivity contribution in [2.24, 2.45) is 10.8 Å². The first-order valence-electron chi connectivity index (χ1n) is 14.9. The highest BCUT2D eigenvalue weighted by Gasteiger charge is 2.52. The normalized spacial score (nSPS) is 21.6. The Morgan fingerprint density at radius 3 is 2.63 bits per heavy atom. The van der Waals surface area contributed by atoms with E-state index < -0.39 is 43.6 Å². The number of ether oxygens (including phenoxy) is 3. The van der Waals surface area contributed by atoms with Crippen LogP contribution in [-0.4, -0.2) is 69.2 Å². The molecule has 0 spiro atoms. The van der Waals surface area contributed by atoms with E-state index >= 15 is 0 Å². The maximum atomic E-state index is 14.4. The van der Waals surface area contributed by atoms with Gasteiger partial charge in [0.1, 0.15) is 24.1 Å². The van der Waals surface area contributed by atoms with Crippen molar-refractivity contribution in [2.75, 3.05) is 26.1 Å². The summed E-state index contributed by atoms with van der Waals surface area (Å²) in [7, 11) is -2.84. The highest BCUT2D eigenvalue weighted by atomic mass is 31.2. The number of carbonyl (C=O) groups is 1. The Labute approximate surface area is 267 Å². The lowest BCUT2D eigenvalue weighted by Gasteiger charge is -2.29. The van der Waals surface area contributed by atoms with E-state index in [9.17, 15) is 14.5 Å². The molecule has 5 rings (SSSR count). The van der Waals surface area contributed by atoms with E-state index in [0.29, 0.717) is 16.6 Å². The Balaban J connectivity index is 1.40. The lowest BCUT2D eigenvalue weighted by Crippen LogP contribution is -2.38. The van der Waals surface area contributed by atoms with Crippen molar-refractivity contribution in [1.29, 1.82) is 0 Å². The molecule has 4 N–H and O–H groups in total. The van der Waals surface area contributed by atoms with Gasteiger partial charge in [-0.25, -0.2) is 9.55 Å². The summed E-state index contributed by atoms with van der Waals surface area (Å²) >= 11 is 0. The second kappa shape index (κ2) is 12.8. The van der Waals surface area contributed by atoms with Crippen LogP contribution in [0.4, 0.5) is 5.95 Å². The fourth-order valence-electron chi connectivity index (χ4n) is 5.18. The minimum absolute atomic E-state index is 0.0184. The number of carbonyl (C=O) groups excluding carboxylic acids is 1. The van der Waals surface area contributed by atoms with Crippen LogP contribution in [0.5, 0.6) is 11.6 Å². The van der Waals surface area contributed by atoms with Crippen molar-refractivity contribution in [1.82, 2.24) is 24.6 Å². The molecule has 0 saturated carbocycles. The summed E-state index contributed by atoms with van der Waals surface area (Å²) in [5.41, 5.74) is 5.47. The summed E-state index contributed by atoms with van der Waals surface area (Å²) in [5.74, 6) is -0.158. The van der Waals surface area contributed by atoms with Crippen LogP contribution in [0, 0.1) is 10.8 Å². The fraction of sp³-hybridized carbons (Fsp3) is 0.484. The monoisotopic (exact) mass is 656 g/mol. The molecule has 0 amide bonds. The molecular weight excluding hydrogens is 615 g/mol. The number of nitrogens with one attached hydrogen (secondary N) is 1. The number of nitrogens with two attached hydrogens (primary N) is 1. The molecular formula is C31H41N6O8P. The number of aliphatic hydroxyl groups is 1. The highest BCUT2D eigenvalue weighted by Crippen LogP contribution is 2.50. The van der Waals surface area contributed by atoms with Crippen molar-refractivity contribution in [3.05, 3.63) is 48.8 Å². The Morgan fingerprint density at radius 2 is 1.91 bits per heavy atom. The summed E-state index contributed by atoms with van der Waals surface area (Å²) in [6.45, 7) is 10.7. The second-order valence-electron chi connectivity index (χ2n) is 13.1. The van der Waals surface area contributed by atoms with Crippen LogP contribution < -0.4 is 20.1 Å². The van der Waals surface area contributed by atoms with Crippen LogP contribution in [0.3, 0.4) is 0 Å². The van der Waals surface area contributed by atoms with Crippen molar-refractivity contribution >= 4 is 41.6 Å². The number of anilines is 1. The maximum Gasteiger partial charge on any atom is 0.459 e. The maximum absolute atomic E-state index is 14.4. The Kier molecular flexibility index (Phi) is 9.31. The summed E-state index contributed by atoms with van der Waals surface area (Å²) in [4.78, 5) is 25.6. The lowest BCUT2D eigenvalue weighted by molar-refractivity contribution is -0.148. The third-order valence-electron chi connectivity index (χ3n) is 7.64. The fourth-order valence-corrected chi connectivity index (χ4v) is 6.71. The number of nitrogen functional groups attached to an aromatic ring is 1. The van der Waals surface area contributed by atoms with Gasteiger partial charge in [0.25, 0.3) is 0 Å². The van der Waals surface area contributed by atoms with E-state index in [-0.39, 0.29) is 36.2 Å². The molecule has 2 aromatic heterocycles. The van der Waals surface area contributed by atoms with E-state index in [0.717, 1.165) is 5.39 Å². The molecule has 4 aromatic rings. The molecule has 0 aliphatic carbocycles. The van der Waals surface area contributed by atoms with E-state index in [2.05, 4.69) is 20.0 Å². The van der Waals surface area contributed by atoms with Gasteiger partial charge in [0.05, 0.1) is 32.8 Å². The van der Waals surface area contributed by atoms with Gasteiger partial charge in [0.2, 0.25) is 11.8 Å². The number of hydrogen-bond acceptors (Lipinski definition) is 12. The molecule has 1 fully saturated rings. The summed E-state index contributed by atoms with van der Waals surface area (Å²) in [6, 6.07) is 11.7. The zero-order valence-corrected chi connectivity index (χ0v) is 27.9. The Morgan fingerprint density at radius 1 is 1.20 bits per heavy atom. The lowest BCUT2D eigenvalue weighted by atomic mass is 9.84. The number of aliphatic hydroxyl groups excluding tert-OH is 1. The zero-order valence-electron chi connectivity index (χ0n) is 27.0. The largest absolute Gasteiger partial charge is 0.479 e. The van der Waals surface area contributed by atoms with Gasteiger partial charge in [-0.2, -0.15) is 15.1 Å². The Hall–Kier alpha value is -3.81. The number of benzene rings is 2. The molecule has 2 aromatic carbocycles. The van der Waals surface area contributed by atoms with E-state index in [1.54, 1.807) is 16.7 Å². The van der Waals surface area contributed by atoms with E-state index in [1.165, 1.54) is 20.4 Å². The number of esters is 1. The van der Waals surface area contributed by atoms with Gasteiger partial charge in [0.15, 0.2) is 11.2 Å². The van der Waals surface area contributed by atoms with E-state index in [4.69, 9.17) is 29.0 Å². The number of hydrogen-bond donors (Lipinski definition) is 3. The Bertz CT molecular complexity index is 1770. The third kappa shape index (κ3) is 6.96. The zero-order chi connectivity index (χ0) is 33.4. The first kappa shape index (κ1) is 33.6. The van der Waals surface area contributed by atoms with Gasteiger partial charge in [-0.15, -0.1) is 0 Å². The molecule has 1 aliphatic rings. The minimum atomic E-state index is -4.29. The molecule has 0 bridgehead atoms. The SMILES string of the molecule is COc1nc(N)nc2c1ncn2C1O[C@H](COP(=O)(N[C@H](C)C(=O)OCC(C)(C)C)Oc2cccc3ccccc23)[C@@H](O)C1(C)C. The van der Waals surface area contributed by atoms with Crippen LogP contribution in [0.2, 0.25) is 0 Å². The van der Waals surface area contributed by atoms with Crippen LogP contribution in [0.25, 0.3) is 21.9 Å². The number of aromatic nitrogens is 4. The number of imidazole rings is 1. The third-order valence-corrected chi connectivity index (χ3v) is 9.27. The van der Waals surface area contributed by atoms with Crippen molar-refractivity contribution < 1.29 is 37.7 Å². The second-order valence-corrected chi connectivity index (χ2v) is 14.8. The molecule has 46 heavy (non-hydrogen) atoms. The summed E-state index contributed by atoms with van der Waals surface area (Å²) in [5, 5.41) is 15.7. The summed E-state index contributed by atoms with van der Waals surface area (Å²) < 4.78 is 45.1. The van der Waals surface area contributed by atoms with Gasteiger partial charge in [0, 0.05) is 10.8 Å². The minimum Gasteiger partial charge on any atom is -0.479 e. The van der Waals surface area contributed by atoms with Gasteiger partial charge in [-0.1, -0.05) is 71.0 Å². The molecule has 0 radical (unpaired) electrons. The predicted octanol–water partition coefficient (Wildman–Crippen LogP) is 4.63. The number of nitrogens with zero attached hydrogens (tertiary/aromatic N) is 4. The predicted molar refractivity (Wildman–Crippen MR) is 171 cm³/mol. The van der Waals surface area contributed by atoms with Crippen molar-refractivity contribution in [2.45, 2.75) is 66.0 Å². The van der Waals surface area contributed by atoms with Crippen LogP contribution >= 0.6 is 7.75 Å². The number of rotatable bonds is 11. The topological polar surface area (TPSA) is 182 Å². The number of fused-ring (bicyclic) bond motifs is 2. The average Bonchev–Trinajstić information content (AvgIpc) is 3.51. The standard InChI is InChI=1S/C31H41N6O8P/c1-18(27(39)42-16-30(2,3)4)36-46(40,45-21-14-10-12-19-11-8-9-13-20(19)21)43-15-22-24(38)31(5,6)28(44-22)37-17-33-23-25(37)34-29(32)35-26(23)41-7/h8-14,17-18,22,24,28,38H,15-16H2,1-7H3,(H,36,40)(H2,32,34,35)/t18-,22-,24-,28?,46?/m1/s1. The smallest absolute Gasteiger partial charge is 0.459 e. The number of methoxy groups -OCH3 is 1. The quantitative estimate of drug-likeness (QED) is 0.150. The first-order chi connectivity index (χ1) is 21.6. The van der Waals surface area contributed by atoms with E-state index in [1.807, 2.05) is 65.0 Å². The van der Waals surface area contributed by atoms with Gasteiger partial charge in [-0.05, 0) is 23.8 Å². The molecule has 15 heteroatoms. The molecule has 1 aliphatic heterocycles. The molecule has 1 saturated heterocycles.